The highest BCUT2D eigenvalue weighted by Gasteiger charge is 2.19. The van der Waals surface area contributed by atoms with E-state index in [0.717, 1.165) is 35.8 Å². The molecule has 0 spiro atoms. The standard InChI is InChI=1S/C17H27BrN2O/c1-14(2)19-12-15-5-4-8-20(13-15)9-10-21-17-7-3-6-16(18)11-17/h3,6-7,11,14-15,19H,4-5,8-10,12-13H2,1-2H3. The summed E-state index contributed by atoms with van der Waals surface area (Å²) < 4.78 is 6.90. The number of benzene rings is 1. The summed E-state index contributed by atoms with van der Waals surface area (Å²) in [5, 5.41) is 3.56. The van der Waals surface area contributed by atoms with Gasteiger partial charge in [0.05, 0.1) is 0 Å². The Morgan fingerprint density at radius 3 is 3.05 bits per heavy atom. The van der Waals surface area contributed by atoms with Crippen LogP contribution in [-0.4, -0.2) is 43.7 Å². The molecule has 1 aliphatic rings. The van der Waals surface area contributed by atoms with Crippen LogP contribution >= 0.6 is 15.9 Å². The molecule has 0 radical (unpaired) electrons. The highest BCUT2D eigenvalue weighted by atomic mass is 79.9. The average Bonchev–Trinajstić information content (AvgIpc) is 2.46. The molecule has 1 atom stereocenters. The molecular weight excluding hydrogens is 328 g/mol. The molecule has 2 rings (SSSR count). The minimum absolute atomic E-state index is 0.584. The summed E-state index contributed by atoms with van der Waals surface area (Å²) in [5.41, 5.74) is 0. The Balaban J connectivity index is 1.68. The Labute approximate surface area is 137 Å². The zero-order valence-electron chi connectivity index (χ0n) is 13.1. The van der Waals surface area contributed by atoms with Gasteiger partial charge in [0.15, 0.2) is 0 Å². The highest BCUT2D eigenvalue weighted by Crippen LogP contribution is 2.18. The third-order valence-electron chi connectivity index (χ3n) is 3.89. The van der Waals surface area contributed by atoms with Gasteiger partial charge in [0, 0.05) is 23.6 Å². The fourth-order valence-corrected chi connectivity index (χ4v) is 3.15. The van der Waals surface area contributed by atoms with Gasteiger partial charge in [-0.15, -0.1) is 0 Å². The number of rotatable bonds is 7. The van der Waals surface area contributed by atoms with Crippen LogP contribution in [0.2, 0.25) is 0 Å². The van der Waals surface area contributed by atoms with Crippen LogP contribution in [0, 0.1) is 5.92 Å². The second-order valence-electron chi connectivity index (χ2n) is 6.18. The first kappa shape index (κ1) is 16.8. The minimum Gasteiger partial charge on any atom is -0.492 e. The van der Waals surface area contributed by atoms with Crippen LogP contribution in [0.1, 0.15) is 26.7 Å². The van der Waals surface area contributed by atoms with Crippen molar-refractivity contribution in [2.75, 3.05) is 32.8 Å². The molecule has 1 heterocycles. The van der Waals surface area contributed by atoms with Gasteiger partial charge in [0.25, 0.3) is 0 Å². The van der Waals surface area contributed by atoms with Gasteiger partial charge in [-0.25, -0.2) is 0 Å². The second kappa shape index (κ2) is 8.76. The van der Waals surface area contributed by atoms with E-state index in [-0.39, 0.29) is 0 Å². The fraction of sp³-hybridized carbons (Fsp3) is 0.647. The van der Waals surface area contributed by atoms with E-state index in [1.807, 2.05) is 24.3 Å². The van der Waals surface area contributed by atoms with E-state index in [2.05, 4.69) is 40.0 Å². The number of piperidine rings is 1. The third kappa shape index (κ3) is 6.37. The quantitative estimate of drug-likeness (QED) is 0.810. The molecule has 4 heteroatoms. The van der Waals surface area contributed by atoms with Crippen molar-refractivity contribution in [3.05, 3.63) is 28.7 Å². The van der Waals surface area contributed by atoms with Crippen LogP contribution in [-0.2, 0) is 0 Å². The molecule has 118 valence electrons. The Morgan fingerprint density at radius 1 is 1.43 bits per heavy atom. The van der Waals surface area contributed by atoms with E-state index >= 15 is 0 Å². The van der Waals surface area contributed by atoms with E-state index in [1.165, 1.54) is 25.9 Å². The average molecular weight is 355 g/mol. The summed E-state index contributed by atoms with van der Waals surface area (Å²) in [5.74, 6) is 1.73. The Hall–Kier alpha value is -0.580. The topological polar surface area (TPSA) is 24.5 Å². The number of hydrogen-bond donors (Lipinski definition) is 1. The third-order valence-corrected chi connectivity index (χ3v) is 4.38. The predicted octanol–water partition coefficient (Wildman–Crippen LogP) is 3.54. The summed E-state index contributed by atoms with van der Waals surface area (Å²) in [7, 11) is 0. The molecule has 1 saturated heterocycles. The van der Waals surface area contributed by atoms with Crippen molar-refractivity contribution in [2.24, 2.45) is 5.92 Å². The minimum atomic E-state index is 0.584. The van der Waals surface area contributed by atoms with Gasteiger partial charge in [-0.1, -0.05) is 35.8 Å². The van der Waals surface area contributed by atoms with Gasteiger partial charge < -0.3 is 10.1 Å². The largest absolute Gasteiger partial charge is 0.492 e. The van der Waals surface area contributed by atoms with Crippen molar-refractivity contribution >= 4 is 15.9 Å². The monoisotopic (exact) mass is 354 g/mol. The molecule has 1 unspecified atom stereocenters. The van der Waals surface area contributed by atoms with Crippen molar-refractivity contribution < 1.29 is 4.74 Å². The van der Waals surface area contributed by atoms with Crippen LogP contribution < -0.4 is 10.1 Å². The molecule has 1 aliphatic heterocycles. The lowest BCUT2D eigenvalue weighted by atomic mass is 9.98. The molecule has 1 aromatic rings. The second-order valence-corrected chi connectivity index (χ2v) is 7.09. The first-order valence-corrected chi connectivity index (χ1v) is 8.77. The summed E-state index contributed by atoms with van der Waals surface area (Å²) in [6.07, 6.45) is 2.66. The fourth-order valence-electron chi connectivity index (χ4n) is 2.77. The molecule has 1 aromatic carbocycles. The zero-order valence-corrected chi connectivity index (χ0v) is 14.7. The van der Waals surface area contributed by atoms with Crippen molar-refractivity contribution in [3.63, 3.8) is 0 Å². The molecule has 3 nitrogen and oxygen atoms in total. The van der Waals surface area contributed by atoms with Gasteiger partial charge in [-0.2, -0.15) is 0 Å². The molecular formula is C17H27BrN2O. The molecule has 0 aliphatic carbocycles. The number of likely N-dealkylation sites (tertiary alicyclic amines) is 1. The Morgan fingerprint density at radius 2 is 2.29 bits per heavy atom. The van der Waals surface area contributed by atoms with Crippen molar-refractivity contribution in [2.45, 2.75) is 32.7 Å². The number of ether oxygens (including phenoxy) is 1. The maximum absolute atomic E-state index is 5.84. The van der Waals surface area contributed by atoms with Crippen LogP contribution in [0.25, 0.3) is 0 Å². The zero-order chi connectivity index (χ0) is 15.1. The van der Waals surface area contributed by atoms with Crippen LogP contribution in [0.4, 0.5) is 0 Å². The predicted molar refractivity (Wildman–Crippen MR) is 91.9 cm³/mol. The SMILES string of the molecule is CC(C)NCC1CCCN(CCOc2cccc(Br)c2)C1. The maximum atomic E-state index is 5.84. The van der Waals surface area contributed by atoms with Crippen molar-refractivity contribution in [1.29, 1.82) is 0 Å². The first-order valence-electron chi connectivity index (χ1n) is 7.97. The smallest absolute Gasteiger partial charge is 0.120 e. The first-order chi connectivity index (χ1) is 10.1. The molecule has 1 N–H and O–H groups in total. The summed E-state index contributed by atoms with van der Waals surface area (Å²) in [4.78, 5) is 2.54. The number of nitrogens with one attached hydrogen (secondary N) is 1. The van der Waals surface area contributed by atoms with Gasteiger partial charge in [-0.3, -0.25) is 4.90 Å². The Kier molecular flexibility index (Phi) is 7.00. The summed E-state index contributed by atoms with van der Waals surface area (Å²) >= 11 is 3.47. The van der Waals surface area contributed by atoms with Gasteiger partial charge in [0.1, 0.15) is 12.4 Å². The highest BCUT2D eigenvalue weighted by molar-refractivity contribution is 9.10. The maximum Gasteiger partial charge on any atom is 0.120 e. The van der Waals surface area contributed by atoms with E-state index in [0.29, 0.717) is 6.04 Å². The molecule has 0 aromatic heterocycles. The lowest BCUT2D eigenvalue weighted by molar-refractivity contribution is 0.144. The molecule has 21 heavy (non-hydrogen) atoms. The Bertz CT molecular complexity index is 425. The summed E-state index contributed by atoms with van der Waals surface area (Å²) in [6, 6.07) is 8.64. The lowest BCUT2D eigenvalue weighted by Gasteiger charge is -2.33. The number of nitrogens with zero attached hydrogens (tertiary/aromatic N) is 1. The van der Waals surface area contributed by atoms with E-state index in [4.69, 9.17) is 4.74 Å². The van der Waals surface area contributed by atoms with E-state index < -0.39 is 0 Å². The van der Waals surface area contributed by atoms with Gasteiger partial charge in [-0.05, 0) is 50.0 Å². The lowest BCUT2D eigenvalue weighted by Crippen LogP contribution is -2.42. The van der Waals surface area contributed by atoms with Crippen LogP contribution in [0.5, 0.6) is 5.75 Å². The van der Waals surface area contributed by atoms with E-state index in [9.17, 15) is 0 Å². The normalized spacial score (nSPS) is 19.9. The molecule has 1 fully saturated rings. The van der Waals surface area contributed by atoms with Gasteiger partial charge >= 0.3 is 0 Å². The van der Waals surface area contributed by atoms with Crippen molar-refractivity contribution in [3.8, 4) is 5.75 Å². The summed E-state index contributed by atoms with van der Waals surface area (Å²) in [6.45, 7) is 9.76. The van der Waals surface area contributed by atoms with E-state index in [1.54, 1.807) is 0 Å². The van der Waals surface area contributed by atoms with Crippen molar-refractivity contribution in [1.82, 2.24) is 10.2 Å². The molecule has 0 bridgehead atoms. The molecule has 0 amide bonds. The number of halogens is 1. The van der Waals surface area contributed by atoms with Crippen LogP contribution in [0.3, 0.4) is 0 Å². The van der Waals surface area contributed by atoms with Crippen LogP contribution in [0.15, 0.2) is 28.7 Å². The van der Waals surface area contributed by atoms with Gasteiger partial charge in [0.2, 0.25) is 0 Å². The molecule has 0 saturated carbocycles. The number of hydrogen-bond acceptors (Lipinski definition) is 3.